The molecule has 1 atom stereocenters. The second-order valence-corrected chi connectivity index (χ2v) is 6.08. The Bertz CT molecular complexity index is 689. The average molecular weight is 304 g/mol. The number of para-hydroxylation sites is 1. The van der Waals surface area contributed by atoms with Gasteiger partial charge in [0.05, 0.1) is 16.3 Å². The van der Waals surface area contributed by atoms with Crippen molar-refractivity contribution < 1.29 is 9.90 Å². The minimum absolute atomic E-state index is 0.186. The van der Waals surface area contributed by atoms with Crippen LogP contribution in [0.3, 0.4) is 0 Å². The number of aliphatic hydroxyl groups excluding tert-OH is 1. The fraction of sp³-hybridized carbons (Fsp3) is 0.143. The van der Waals surface area contributed by atoms with Crippen molar-refractivity contribution in [1.29, 1.82) is 0 Å². The summed E-state index contributed by atoms with van der Waals surface area (Å²) in [6, 6.07) is 9.47. The van der Waals surface area contributed by atoms with E-state index in [-0.39, 0.29) is 12.5 Å². The lowest BCUT2D eigenvalue weighted by Gasteiger charge is -2.09. The molecule has 1 amide bonds. The number of nitrogens with one attached hydrogen (secondary N) is 1. The summed E-state index contributed by atoms with van der Waals surface area (Å²) in [5.41, 5.74) is 1.64. The van der Waals surface area contributed by atoms with Crippen molar-refractivity contribution in [2.24, 2.45) is 0 Å². The largest absolute Gasteiger partial charge is 0.387 e. The zero-order valence-electron chi connectivity index (χ0n) is 10.4. The monoisotopic (exact) mass is 304 g/mol. The van der Waals surface area contributed by atoms with Crippen molar-refractivity contribution in [3.63, 3.8) is 0 Å². The Morgan fingerprint density at radius 2 is 2.20 bits per heavy atom. The molecule has 0 aliphatic rings. The van der Waals surface area contributed by atoms with Crippen molar-refractivity contribution in [1.82, 2.24) is 10.3 Å². The van der Waals surface area contributed by atoms with E-state index in [9.17, 15) is 9.90 Å². The van der Waals surface area contributed by atoms with Gasteiger partial charge in [-0.05, 0) is 34.5 Å². The molecule has 20 heavy (non-hydrogen) atoms. The van der Waals surface area contributed by atoms with Gasteiger partial charge < -0.3 is 10.4 Å². The van der Waals surface area contributed by atoms with Crippen molar-refractivity contribution in [2.45, 2.75) is 6.10 Å². The zero-order valence-corrected chi connectivity index (χ0v) is 12.1. The van der Waals surface area contributed by atoms with E-state index in [2.05, 4.69) is 10.3 Å². The molecule has 3 aromatic rings. The lowest BCUT2D eigenvalue weighted by Crippen LogP contribution is -2.28. The Kier molecular flexibility index (Phi) is 3.77. The van der Waals surface area contributed by atoms with Gasteiger partial charge in [0.15, 0.2) is 5.01 Å². The number of nitrogens with zero attached hydrogens (tertiary/aromatic N) is 1. The maximum absolute atomic E-state index is 12.0. The zero-order chi connectivity index (χ0) is 13.9. The summed E-state index contributed by atoms with van der Waals surface area (Å²) in [4.78, 5) is 16.3. The van der Waals surface area contributed by atoms with Gasteiger partial charge in [0.2, 0.25) is 0 Å². The highest BCUT2D eigenvalue weighted by Gasteiger charge is 2.14. The molecule has 4 nitrogen and oxygen atoms in total. The predicted molar refractivity (Wildman–Crippen MR) is 81.2 cm³/mol. The van der Waals surface area contributed by atoms with Gasteiger partial charge >= 0.3 is 0 Å². The lowest BCUT2D eigenvalue weighted by molar-refractivity contribution is 0.0916. The van der Waals surface area contributed by atoms with Gasteiger partial charge in [-0.25, -0.2) is 4.98 Å². The fourth-order valence-corrected chi connectivity index (χ4v) is 3.41. The Morgan fingerprint density at radius 1 is 1.35 bits per heavy atom. The fourth-order valence-electron chi connectivity index (χ4n) is 1.82. The van der Waals surface area contributed by atoms with Crippen molar-refractivity contribution in [2.75, 3.05) is 6.54 Å². The van der Waals surface area contributed by atoms with Crippen LogP contribution < -0.4 is 5.32 Å². The number of thiophene rings is 1. The van der Waals surface area contributed by atoms with Crippen LogP contribution in [0.5, 0.6) is 0 Å². The SMILES string of the molecule is O=C(NCC(O)c1ccsc1)c1nc2ccccc2s1. The lowest BCUT2D eigenvalue weighted by atomic mass is 10.2. The summed E-state index contributed by atoms with van der Waals surface area (Å²) in [7, 11) is 0. The normalized spacial score (nSPS) is 12.4. The van der Waals surface area contributed by atoms with E-state index in [0.29, 0.717) is 5.01 Å². The number of hydrogen-bond donors (Lipinski definition) is 2. The highest BCUT2D eigenvalue weighted by molar-refractivity contribution is 7.20. The molecule has 6 heteroatoms. The molecule has 0 radical (unpaired) electrons. The standard InChI is InChI=1S/C14H12N2O2S2/c17-11(9-5-6-19-8-9)7-15-13(18)14-16-10-3-1-2-4-12(10)20-14/h1-6,8,11,17H,7H2,(H,15,18). The molecule has 0 bridgehead atoms. The van der Waals surface area contributed by atoms with Crippen molar-refractivity contribution in [3.8, 4) is 0 Å². The molecule has 0 aliphatic heterocycles. The Labute approximate surface area is 123 Å². The smallest absolute Gasteiger partial charge is 0.280 e. The minimum Gasteiger partial charge on any atom is -0.387 e. The Balaban J connectivity index is 1.67. The molecule has 0 spiro atoms. The van der Waals surface area contributed by atoms with Gasteiger partial charge in [0.1, 0.15) is 0 Å². The second kappa shape index (κ2) is 5.70. The van der Waals surface area contributed by atoms with E-state index in [0.717, 1.165) is 15.8 Å². The molecule has 2 aromatic heterocycles. The van der Waals surface area contributed by atoms with E-state index in [1.165, 1.54) is 22.7 Å². The number of aromatic nitrogens is 1. The van der Waals surface area contributed by atoms with Crippen molar-refractivity contribution >= 4 is 38.8 Å². The summed E-state index contributed by atoms with van der Waals surface area (Å²) >= 11 is 2.87. The number of benzene rings is 1. The number of hydrogen-bond acceptors (Lipinski definition) is 5. The van der Waals surface area contributed by atoms with Crippen LogP contribution >= 0.6 is 22.7 Å². The number of amides is 1. The third-order valence-corrected chi connectivity index (χ3v) is 4.61. The van der Waals surface area contributed by atoms with Crippen LogP contribution in [-0.4, -0.2) is 22.5 Å². The summed E-state index contributed by atoms with van der Waals surface area (Å²) in [5, 5.41) is 16.8. The molecule has 0 saturated heterocycles. The van der Waals surface area contributed by atoms with Crippen LogP contribution in [0.25, 0.3) is 10.2 Å². The number of thiazole rings is 1. The summed E-state index contributed by atoms with van der Waals surface area (Å²) in [5.74, 6) is -0.250. The predicted octanol–water partition coefficient (Wildman–Crippen LogP) is 2.82. The maximum atomic E-state index is 12.0. The van der Waals surface area contributed by atoms with Gasteiger partial charge in [-0.2, -0.15) is 11.3 Å². The maximum Gasteiger partial charge on any atom is 0.280 e. The van der Waals surface area contributed by atoms with Crippen LogP contribution in [0, 0.1) is 0 Å². The van der Waals surface area contributed by atoms with Crippen LogP contribution in [0.1, 0.15) is 21.5 Å². The highest BCUT2D eigenvalue weighted by atomic mass is 32.1. The van der Waals surface area contributed by atoms with Gasteiger partial charge in [0.25, 0.3) is 5.91 Å². The first kappa shape index (κ1) is 13.2. The van der Waals surface area contributed by atoms with Gasteiger partial charge in [-0.1, -0.05) is 12.1 Å². The van der Waals surface area contributed by atoms with Gasteiger partial charge in [0, 0.05) is 6.54 Å². The first-order chi connectivity index (χ1) is 9.74. The van der Waals surface area contributed by atoms with Crippen LogP contribution in [0.2, 0.25) is 0 Å². The number of aliphatic hydroxyl groups is 1. The molecule has 1 aromatic carbocycles. The Morgan fingerprint density at radius 3 is 2.95 bits per heavy atom. The molecule has 0 fully saturated rings. The molecule has 0 aliphatic carbocycles. The van der Waals surface area contributed by atoms with E-state index in [1.54, 1.807) is 0 Å². The Hall–Kier alpha value is -1.76. The quantitative estimate of drug-likeness (QED) is 0.779. The van der Waals surface area contributed by atoms with Gasteiger partial charge in [-0.3, -0.25) is 4.79 Å². The minimum atomic E-state index is -0.681. The second-order valence-electron chi connectivity index (χ2n) is 4.27. The first-order valence-electron chi connectivity index (χ1n) is 6.08. The molecule has 1 unspecified atom stereocenters. The molecule has 3 rings (SSSR count). The first-order valence-corrected chi connectivity index (χ1v) is 7.84. The van der Waals surface area contributed by atoms with Gasteiger partial charge in [-0.15, -0.1) is 11.3 Å². The molecule has 2 N–H and O–H groups in total. The number of rotatable bonds is 4. The molecule has 102 valence electrons. The number of carbonyl (C=O) groups is 1. The van der Waals surface area contributed by atoms with Crippen molar-refractivity contribution in [3.05, 3.63) is 51.7 Å². The number of carbonyl (C=O) groups excluding carboxylic acids is 1. The number of fused-ring (bicyclic) bond motifs is 1. The topological polar surface area (TPSA) is 62.2 Å². The van der Waals surface area contributed by atoms with Crippen LogP contribution in [-0.2, 0) is 0 Å². The van der Waals surface area contributed by atoms with Crippen LogP contribution in [0.4, 0.5) is 0 Å². The van der Waals surface area contributed by atoms with E-state index in [4.69, 9.17) is 0 Å². The van der Waals surface area contributed by atoms with Crippen LogP contribution in [0.15, 0.2) is 41.1 Å². The summed E-state index contributed by atoms with van der Waals surface area (Å²) in [6.07, 6.45) is -0.681. The molecular weight excluding hydrogens is 292 g/mol. The third kappa shape index (κ3) is 2.72. The van der Waals surface area contributed by atoms with E-state index in [1.807, 2.05) is 41.1 Å². The summed E-state index contributed by atoms with van der Waals surface area (Å²) < 4.78 is 0.982. The van der Waals surface area contributed by atoms with E-state index >= 15 is 0 Å². The third-order valence-electron chi connectivity index (χ3n) is 2.87. The summed E-state index contributed by atoms with van der Waals surface area (Å²) in [6.45, 7) is 0.186. The molecule has 0 saturated carbocycles. The molecular formula is C14H12N2O2S2. The highest BCUT2D eigenvalue weighted by Crippen LogP contribution is 2.21. The molecule has 2 heterocycles. The van der Waals surface area contributed by atoms with E-state index < -0.39 is 6.10 Å². The average Bonchev–Trinajstić information content (AvgIpc) is 3.12.